The van der Waals surface area contributed by atoms with Crippen molar-refractivity contribution in [3.63, 3.8) is 0 Å². The third kappa shape index (κ3) is 7.05. The third-order valence-corrected chi connectivity index (χ3v) is 14.3. The summed E-state index contributed by atoms with van der Waals surface area (Å²) in [5, 5.41) is 2.90. The molecule has 3 aromatic carbocycles. The summed E-state index contributed by atoms with van der Waals surface area (Å²) in [7, 11) is 0. The molecule has 1 unspecified atom stereocenters. The highest BCUT2D eigenvalue weighted by molar-refractivity contribution is 6.33. The van der Waals surface area contributed by atoms with E-state index in [1.54, 1.807) is 4.90 Å². The molecule has 0 radical (unpaired) electrons. The summed E-state index contributed by atoms with van der Waals surface area (Å²) in [6.45, 7) is 19.3. The summed E-state index contributed by atoms with van der Waals surface area (Å²) < 4.78 is 0. The Kier molecular flexibility index (Phi) is 9.56. The van der Waals surface area contributed by atoms with E-state index in [1.165, 1.54) is 16.8 Å². The molecule has 1 N–H and O–H groups in total. The van der Waals surface area contributed by atoms with E-state index in [9.17, 15) is 19.2 Å². The van der Waals surface area contributed by atoms with Gasteiger partial charge in [0.05, 0.1) is 6.57 Å². The van der Waals surface area contributed by atoms with Crippen LogP contribution in [0.1, 0.15) is 96.2 Å². The molecule has 6 heterocycles. The second-order valence-corrected chi connectivity index (χ2v) is 18.3. The van der Waals surface area contributed by atoms with Gasteiger partial charge in [-0.1, -0.05) is 30.7 Å². The van der Waals surface area contributed by atoms with Crippen LogP contribution in [0.2, 0.25) is 5.02 Å². The summed E-state index contributed by atoms with van der Waals surface area (Å²) in [4.78, 5) is 65.7. The Bertz CT molecular complexity index is 2180. The van der Waals surface area contributed by atoms with Crippen LogP contribution in [0.25, 0.3) is 4.85 Å². The fraction of sp³-hybridized carbons (Fsp3) is 0.489. The Morgan fingerprint density at radius 2 is 1.58 bits per heavy atom. The fourth-order valence-electron chi connectivity index (χ4n) is 10.6. The van der Waals surface area contributed by atoms with Crippen molar-refractivity contribution in [2.45, 2.75) is 90.5 Å². The zero-order valence-electron chi connectivity index (χ0n) is 32.9. The van der Waals surface area contributed by atoms with Crippen molar-refractivity contribution in [3.05, 3.63) is 98.9 Å². The zero-order valence-corrected chi connectivity index (χ0v) is 33.6. The highest BCUT2D eigenvalue weighted by Gasteiger charge is 2.45. The van der Waals surface area contributed by atoms with Crippen molar-refractivity contribution in [1.82, 2.24) is 20.0 Å². The van der Waals surface area contributed by atoms with Crippen molar-refractivity contribution in [3.8, 4) is 0 Å². The van der Waals surface area contributed by atoms with Gasteiger partial charge in [-0.3, -0.25) is 29.4 Å². The number of imide groups is 1. The molecule has 4 saturated heterocycles. The van der Waals surface area contributed by atoms with Crippen LogP contribution in [0, 0.1) is 17.4 Å². The number of hydrogen-bond donors (Lipinski definition) is 1. The van der Waals surface area contributed by atoms with E-state index < -0.39 is 6.04 Å². The van der Waals surface area contributed by atoms with E-state index in [4.69, 9.17) is 18.2 Å². The minimum Gasteiger partial charge on any atom is -0.371 e. The van der Waals surface area contributed by atoms with Crippen molar-refractivity contribution >= 4 is 52.3 Å². The number of piperidine rings is 3. The lowest BCUT2D eigenvalue weighted by molar-refractivity contribution is -0.136. The molecule has 11 nitrogen and oxygen atoms in total. The molecule has 57 heavy (non-hydrogen) atoms. The van der Waals surface area contributed by atoms with Crippen molar-refractivity contribution in [1.29, 1.82) is 0 Å². The van der Waals surface area contributed by atoms with Gasteiger partial charge in [-0.15, -0.1) is 0 Å². The van der Waals surface area contributed by atoms with Gasteiger partial charge in [-0.05, 0) is 115 Å². The highest BCUT2D eigenvalue weighted by atomic mass is 35.5. The van der Waals surface area contributed by atoms with Crippen LogP contribution in [-0.2, 0) is 29.2 Å². The molecule has 0 bridgehead atoms. The normalized spacial score (nSPS) is 24.1. The molecule has 1 spiro atoms. The monoisotopic (exact) mass is 787 g/mol. The fourth-order valence-corrected chi connectivity index (χ4v) is 10.8. The average molecular weight is 788 g/mol. The second kappa shape index (κ2) is 14.5. The Morgan fingerprint density at radius 3 is 2.26 bits per heavy atom. The predicted molar refractivity (Wildman–Crippen MR) is 219 cm³/mol. The van der Waals surface area contributed by atoms with Crippen LogP contribution in [0.3, 0.4) is 0 Å². The van der Waals surface area contributed by atoms with Gasteiger partial charge in [-0.25, -0.2) is 4.85 Å². The predicted octanol–water partition coefficient (Wildman–Crippen LogP) is 6.80. The molecule has 6 aliphatic heterocycles. The summed E-state index contributed by atoms with van der Waals surface area (Å²) in [5.74, 6) is -0.682. The zero-order chi connectivity index (χ0) is 39.6. The maximum absolute atomic E-state index is 13.7. The summed E-state index contributed by atoms with van der Waals surface area (Å²) in [6.07, 6.45) is 5.87. The number of halogens is 1. The van der Waals surface area contributed by atoms with Crippen molar-refractivity contribution in [2.75, 3.05) is 49.1 Å². The van der Waals surface area contributed by atoms with Crippen molar-refractivity contribution < 1.29 is 19.2 Å². The molecule has 3 aromatic rings. The first-order chi connectivity index (χ1) is 27.4. The van der Waals surface area contributed by atoms with Gasteiger partial charge in [0.25, 0.3) is 11.8 Å². The number of carbonyl (C=O) groups excluding carboxylic acids is 4. The Hall–Kier alpha value is -4.92. The van der Waals surface area contributed by atoms with Crippen molar-refractivity contribution in [2.24, 2.45) is 10.8 Å². The molecule has 0 saturated carbocycles. The third-order valence-electron chi connectivity index (χ3n) is 13.9. The van der Waals surface area contributed by atoms with Crippen LogP contribution in [0.4, 0.5) is 17.1 Å². The maximum Gasteiger partial charge on any atom is 0.255 e. The average Bonchev–Trinajstić information content (AvgIpc) is 3.85. The van der Waals surface area contributed by atoms with Gasteiger partial charge >= 0.3 is 0 Å². The topological polar surface area (TPSA) is 101 Å². The van der Waals surface area contributed by atoms with Crippen LogP contribution in [0.15, 0.2) is 54.6 Å². The first-order valence-corrected chi connectivity index (χ1v) is 20.9. The largest absolute Gasteiger partial charge is 0.371 e. The Morgan fingerprint density at radius 1 is 0.877 bits per heavy atom. The van der Waals surface area contributed by atoms with Gasteiger partial charge < -0.3 is 19.6 Å². The second-order valence-electron chi connectivity index (χ2n) is 17.9. The molecule has 0 aromatic heterocycles. The molecular formula is C45H50ClN7O4. The van der Waals surface area contributed by atoms with Gasteiger partial charge in [0.2, 0.25) is 17.5 Å². The number of fused-ring (bicyclic) bond motifs is 2. The highest BCUT2D eigenvalue weighted by Crippen LogP contribution is 2.46. The molecule has 4 fully saturated rings. The smallest absolute Gasteiger partial charge is 0.255 e. The number of rotatable bonds is 6. The first kappa shape index (κ1) is 37.6. The number of nitrogens with zero attached hydrogens (tertiary/aromatic N) is 6. The van der Waals surface area contributed by atoms with E-state index in [2.05, 4.69) is 56.9 Å². The lowest BCUT2D eigenvalue weighted by Gasteiger charge is -2.41. The Balaban J connectivity index is 0.751. The van der Waals surface area contributed by atoms with E-state index in [0.29, 0.717) is 35.3 Å². The SMILES string of the molecule is [C-]#[N+]c1ccc(N2CC3(CCN(c4ccc(C(=O)N5CCC(C)(CN6Cc7cc8c(cc7C6)C(=O)N(C6CCC(=O)NC6=O)C8)CC5)cc4)CC3)C[C@@H]2C)cc1Cl. The number of benzene rings is 3. The molecule has 296 valence electrons. The standard InChI is InChI=1S/C45H50ClN7O4/c1-29-23-45(28-53(29)35-8-9-38(47-3)37(46)22-35)14-18-50(19-15-45)34-6-4-30(5-7-34)42(56)51-16-12-44(2,13-17-51)27-49-24-31-20-33-26-52(39-10-11-40(54)48-41(39)55)43(57)36(33)21-32(31)25-49/h4-9,20-22,29,39H,10-19,23-28H2,1-2H3,(H,48,54,55)/t29-,39?/m0/s1. The quantitative estimate of drug-likeness (QED) is 0.217. The minimum atomic E-state index is -0.599. The summed E-state index contributed by atoms with van der Waals surface area (Å²) >= 11 is 6.39. The number of nitrogens with one attached hydrogen (secondary N) is 1. The van der Waals surface area contributed by atoms with E-state index >= 15 is 0 Å². The summed E-state index contributed by atoms with van der Waals surface area (Å²) in [5.41, 5.74) is 7.90. The van der Waals surface area contributed by atoms with Crippen LogP contribution < -0.4 is 15.1 Å². The molecule has 4 amide bonds. The number of hydrogen-bond acceptors (Lipinski definition) is 7. The molecule has 12 heteroatoms. The first-order valence-electron chi connectivity index (χ1n) is 20.5. The van der Waals surface area contributed by atoms with Gasteiger partial charge in [0, 0.05) is 98.9 Å². The van der Waals surface area contributed by atoms with E-state index in [0.717, 1.165) is 101 Å². The van der Waals surface area contributed by atoms with Gasteiger partial charge in [-0.2, -0.15) is 0 Å². The number of likely N-dealkylation sites (tertiary alicyclic amines) is 1. The van der Waals surface area contributed by atoms with Crippen LogP contribution in [-0.4, -0.2) is 89.7 Å². The molecular weight excluding hydrogens is 738 g/mol. The maximum atomic E-state index is 13.7. The van der Waals surface area contributed by atoms with Gasteiger partial charge in [0.1, 0.15) is 6.04 Å². The van der Waals surface area contributed by atoms with E-state index in [-0.39, 0.29) is 40.9 Å². The van der Waals surface area contributed by atoms with Crippen LogP contribution >= 0.6 is 11.6 Å². The molecule has 9 rings (SSSR count). The molecule has 6 aliphatic rings. The number of anilines is 2. The minimum absolute atomic E-state index is 0.0830. The molecule has 2 atom stereocenters. The lowest BCUT2D eigenvalue weighted by atomic mass is 9.76. The number of carbonyl (C=O) groups is 4. The lowest BCUT2D eigenvalue weighted by Crippen LogP contribution is -2.52. The van der Waals surface area contributed by atoms with Crippen LogP contribution in [0.5, 0.6) is 0 Å². The van der Waals surface area contributed by atoms with E-state index in [1.807, 2.05) is 41.3 Å². The summed E-state index contributed by atoms with van der Waals surface area (Å²) in [6, 6.07) is 18.0. The van der Waals surface area contributed by atoms with Gasteiger partial charge in [0.15, 0.2) is 0 Å². The number of amides is 4. The Labute approximate surface area is 339 Å². The molecule has 0 aliphatic carbocycles.